The Hall–Kier alpha value is -3.23. The first-order valence-electron chi connectivity index (χ1n) is 11.0. The number of rotatable bonds is 11. The van der Waals surface area contributed by atoms with Gasteiger partial charge in [0.25, 0.3) is 5.91 Å². The highest BCUT2D eigenvalue weighted by Gasteiger charge is 2.33. The van der Waals surface area contributed by atoms with E-state index in [0.717, 1.165) is 6.42 Å². The third kappa shape index (κ3) is 5.93. The number of hydrogen-bond donors (Lipinski definition) is 2. The molecule has 1 aromatic carbocycles. The van der Waals surface area contributed by atoms with E-state index in [2.05, 4.69) is 10.6 Å². The van der Waals surface area contributed by atoms with E-state index < -0.39 is 18.0 Å². The number of carbonyl (C=O) groups is 3. The van der Waals surface area contributed by atoms with E-state index in [1.807, 2.05) is 27.7 Å². The summed E-state index contributed by atoms with van der Waals surface area (Å²) >= 11 is 0. The van der Waals surface area contributed by atoms with Gasteiger partial charge in [0.15, 0.2) is 18.1 Å². The molecule has 0 saturated heterocycles. The summed E-state index contributed by atoms with van der Waals surface area (Å²) in [6, 6.07) is 4.03. The number of carbonyl (C=O) groups excluding carboxylic acids is 3. The Kier molecular flexibility index (Phi) is 9.37. The van der Waals surface area contributed by atoms with Gasteiger partial charge in [-0.15, -0.1) is 0 Å². The number of benzene rings is 1. The minimum atomic E-state index is -0.705. The van der Waals surface area contributed by atoms with Crippen LogP contribution in [-0.4, -0.2) is 56.2 Å². The Morgan fingerprint density at radius 3 is 2.38 bits per heavy atom. The fourth-order valence-electron chi connectivity index (χ4n) is 3.56. The van der Waals surface area contributed by atoms with Crippen LogP contribution in [0.25, 0.3) is 0 Å². The predicted octanol–water partition coefficient (Wildman–Crippen LogP) is 2.91. The van der Waals surface area contributed by atoms with Crippen molar-refractivity contribution in [3.8, 4) is 11.5 Å². The van der Waals surface area contributed by atoms with E-state index in [1.165, 1.54) is 7.11 Å². The van der Waals surface area contributed by atoms with Gasteiger partial charge in [0.1, 0.15) is 0 Å². The summed E-state index contributed by atoms with van der Waals surface area (Å²) < 4.78 is 16.4. The highest BCUT2D eigenvalue weighted by Crippen LogP contribution is 2.35. The zero-order chi connectivity index (χ0) is 23.7. The van der Waals surface area contributed by atoms with Crippen LogP contribution in [0.15, 0.2) is 29.5 Å². The van der Waals surface area contributed by atoms with Crippen molar-refractivity contribution in [2.45, 2.75) is 46.6 Å². The Morgan fingerprint density at radius 2 is 1.78 bits per heavy atom. The zero-order valence-electron chi connectivity index (χ0n) is 19.4. The molecule has 32 heavy (non-hydrogen) atoms. The third-order valence-corrected chi connectivity index (χ3v) is 5.13. The topological polar surface area (TPSA) is 106 Å². The van der Waals surface area contributed by atoms with Crippen molar-refractivity contribution in [3.63, 3.8) is 0 Å². The van der Waals surface area contributed by atoms with Gasteiger partial charge in [0.2, 0.25) is 0 Å². The Morgan fingerprint density at radius 1 is 1.06 bits per heavy atom. The molecule has 1 heterocycles. The highest BCUT2D eigenvalue weighted by molar-refractivity contribution is 5.95. The molecule has 0 fully saturated rings. The highest BCUT2D eigenvalue weighted by atomic mass is 16.5. The maximum atomic E-state index is 12.5. The number of ether oxygens (including phenoxy) is 3. The van der Waals surface area contributed by atoms with Gasteiger partial charge < -0.3 is 29.7 Å². The molecule has 9 nitrogen and oxygen atoms in total. The van der Waals surface area contributed by atoms with Crippen LogP contribution in [0.2, 0.25) is 0 Å². The van der Waals surface area contributed by atoms with E-state index >= 15 is 0 Å². The summed E-state index contributed by atoms with van der Waals surface area (Å²) in [6.07, 6.45) is 1.28. The van der Waals surface area contributed by atoms with Crippen LogP contribution in [0, 0.1) is 0 Å². The van der Waals surface area contributed by atoms with E-state index in [4.69, 9.17) is 14.2 Å². The van der Waals surface area contributed by atoms with Gasteiger partial charge in [0, 0.05) is 18.8 Å². The van der Waals surface area contributed by atoms with Gasteiger partial charge in [0.05, 0.1) is 25.3 Å². The normalized spacial score (nSPS) is 15.5. The molecule has 2 rings (SSSR count). The fourth-order valence-corrected chi connectivity index (χ4v) is 3.56. The second-order valence-electron chi connectivity index (χ2n) is 7.16. The quantitative estimate of drug-likeness (QED) is 0.505. The monoisotopic (exact) mass is 447 g/mol. The van der Waals surface area contributed by atoms with Crippen LogP contribution in [0.4, 0.5) is 4.79 Å². The molecular formula is C23H33N3O6. The van der Waals surface area contributed by atoms with Crippen LogP contribution in [0.3, 0.4) is 0 Å². The lowest BCUT2D eigenvalue weighted by atomic mass is 9.93. The molecule has 1 aliphatic heterocycles. The second kappa shape index (κ2) is 12.0. The number of amides is 3. The average Bonchev–Trinajstić information content (AvgIpc) is 2.78. The minimum Gasteiger partial charge on any atom is -0.490 e. The molecule has 1 aromatic rings. The standard InChI is InChI=1S/C23H33N3O6/c1-6-10-16-20(22(28)30-5)21(25-23(29)24-16)15-11-12-17(18(13-15)31-9-4)32-14-19(27)26(7-2)8-3/h11-13,21H,6-10,14H2,1-5H3,(H2,24,25,29). The Bertz CT molecular complexity index is 863. The van der Waals surface area contributed by atoms with Crippen molar-refractivity contribution < 1.29 is 28.6 Å². The number of allylic oxidation sites excluding steroid dienone is 1. The predicted molar refractivity (Wildman–Crippen MR) is 119 cm³/mol. The van der Waals surface area contributed by atoms with Crippen molar-refractivity contribution in [2.75, 3.05) is 33.4 Å². The molecule has 0 aromatic heterocycles. The molecule has 0 aliphatic carbocycles. The maximum absolute atomic E-state index is 12.5. The fraction of sp³-hybridized carbons (Fsp3) is 0.522. The number of hydrogen-bond acceptors (Lipinski definition) is 6. The number of nitrogens with one attached hydrogen (secondary N) is 2. The van der Waals surface area contributed by atoms with Gasteiger partial charge in [-0.2, -0.15) is 0 Å². The van der Waals surface area contributed by atoms with Crippen molar-refractivity contribution in [1.82, 2.24) is 15.5 Å². The van der Waals surface area contributed by atoms with Gasteiger partial charge in [-0.25, -0.2) is 9.59 Å². The van der Waals surface area contributed by atoms with Crippen LogP contribution in [0.1, 0.15) is 52.1 Å². The minimum absolute atomic E-state index is 0.112. The molecule has 0 saturated carbocycles. The summed E-state index contributed by atoms with van der Waals surface area (Å²) in [4.78, 5) is 38.8. The average molecular weight is 448 g/mol. The molecule has 176 valence electrons. The maximum Gasteiger partial charge on any atom is 0.337 e. The van der Waals surface area contributed by atoms with Gasteiger partial charge in [-0.05, 0) is 44.9 Å². The van der Waals surface area contributed by atoms with Gasteiger partial charge in [-0.1, -0.05) is 19.4 Å². The lowest BCUT2D eigenvalue weighted by Gasteiger charge is -2.29. The molecule has 1 atom stereocenters. The first kappa shape index (κ1) is 25.0. The summed E-state index contributed by atoms with van der Waals surface area (Å²) in [5, 5.41) is 5.51. The number of nitrogens with zero attached hydrogens (tertiary/aromatic N) is 1. The van der Waals surface area contributed by atoms with Gasteiger partial charge in [-0.3, -0.25) is 4.79 Å². The van der Waals surface area contributed by atoms with E-state index in [1.54, 1.807) is 23.1 Å². The van der Waals surface area contributed by atoms with E-state index in [-0.39, 0.29) is 12.5 Å². The number of likely N-dealkylation sites (N-methyl/N-ethyl adjacent to an activating group) is 1. The lowest BCUT2D eigenvalue weighted by Crippen LogP contribution is -2.45. The van der Waals surface area contributed by atoms with Crippen molar-refractivity contribution in [1.29, 1.82) is 0 Å². The summed E-state index contributed by atoms with van der Waals surface area (Å²) in [7, 11) is 1.31. The first-order chi connectivity index (χ1) is 15.4. The molecule has 1 aliphatic rings. The largest absolute Gasteiger partial charge is 0.490 e. The van der Waals surface area contributed by atoms with Crippen LogP contribution in [-0.2, 0) is 14.3 Å². The SMILES string of the molecule is CCCC1=C(C(=O)OC)C(c2ccc(OCC(=O)N(CC)CC)c(OCC)c2)NC(=O)N1. The van der Waals surface area contributed by atoms with Crippen molar-refractivity contribution in [2.24, 2.45) is 0 Å². The Labute approximate surface area is 189 Å². The zero-order valence-corrected chi connectivity index (χ0v) is 19.4. The first-order valence-corrected chi connectivity index (χ1v) is 11.0. The molecular weight excluding hydrogens is 414 g/mol. The van der Waals surface area contributed by atoms with Crippen LogP contribution in [0.5, 0.6) is 11.5 Å². The molecule has 9 heteroatoms. The molecule has 0 bridgehead atoms. The lowest BCUT2D eigenvalue weighted by molar-refractivity contribution is -0.136. The molecule has 0 spiro atoms. The van der Waals surface area contributed by atoms with E-state index in [9.17, 15) is 14.4 Å². The van der Waals surface area contributed by atoms with Gasteiger partial charge >= 0.3 is 12.0 Å². The number of methoxy groups -OCH3 is 1. The molecule has 1 unspecified atom stereocenters. The summed E-state index contributed by atoms with van der Waals surface area (Å²) in [5.41, 5.74) is 1.53. The van der Waals surface area contributed by atoms with Crippen LogP contribution >= 0.6 is 0 Å². The molecule has 2 N–H and O–H groups in total. The van der Waals surface area contributed by atoms with Crippen molar-refractivity contribution in [3.05, 3.63) is 35.0 Å². The second-order valence-corrected chi connectivity index (χ2v) is 7.16. The number of esters is 1. The summed E-state index contributed by atoms with van der Waals surface area (Å²) in [6.45, 7) is 9.10. The smallest absolute Gasteiger partial charge is 0.337 e. The van der Waals surface area contributed by atoms with Crippen molar-refractivity contribution >= 4 is 17.9 Å². The molecule has 0 radical (unpaired) electrons. The van der Waals surface area contributed by atoms with Crippen LogP contribution < -0.4 is 20.1 Å². The third-order valence-electron chi connectivity index (χ3n) is 5.13. The molecule has 3 amide bonds. The van der Waals surface area contributed by atoms with E-state index in [0.29, 0.717) is 54.4 Å². The number of urea groups is 1. The summed E-state index contributed by atoms with van der Waals surface area (Å²) in [5.74, 6) is 0.196. The Balaban J connectivity index is 2.38.